The van der Waals surface area contributed by atoms with Crippen molar-refractivity contribution in [1.29, 1.82) is 0 Å². The molecule has 0 aromatic heterocycles. The van der Waals surface area contributed by atoms with Gasteiger partial charge in [-0.15, -0.1) is 6.58 Å². The van der Waals surface area contributed by atoms with Gasteiger partial charge in [-0.05, 0) is 19.8 Å². The standard InChI is InChI=1S/C9H16O4/c1-3-5-6-7(10)8(11)9(12)13-4-2/h3,7-8,10-11H,1,4-6H2,2H3/t7-,8?/m1/s1. The van der Waals surface area contributed by atoms with Gasteiger partial charge >= 0.3 is 5.97 Å². The molecule has 0 saturated heterocycles. The monoisotopic (exact) mass is 188 g/mol. The normalized spacial score (nSPS) is 14.7. The molecule has 0 radical (unpaired) electrons. The molecule has 2 N–H and O–H groups in total. The van der Waals surface area contributed by atoms with Crippen molar-refractivity contribution < 1.29 is 19.7 Å². The highest BCUT2D eigenvalue weighted by atomic mass is 16.5. The van der Waals surface area contributed by atoms with Crippen LogP contribution in [0.4, 0.5) is 0 Å². The lowest BCUT2D eigenvalue weighted by Gasteiger charge is -2.15. The van der Waals surface area contributed by atoms with E-state index in [0.717, 1.165) is 0 Å². The molecule has 0 spiro atoms. The van der Waals surface area contributed by atoms with Crippen molar-refractivity contribution in [3.05, 3.63) is 12.7 Å². The van der Waals surface area contributed by atoms with Gasteiger partial charge in [0, 0.05) is 0 Å². The van der Waals surface area contributed by atoms with Crippen molar-refractivity contribution in [3.8, 4) is 0 Å². The molecular weight excluding hydrogens is 172 g/mol. The summed E-state index contributed by atoms with van der Waals surface area (Å²) in [5.41, 5.74) is 0. The van der Waals surface area contributed by atoms with Gasteiger partial charge in [0.1, 0.15) is 0 Å². The lowest BCUT2D eigenvalue weighted by atomic mass is 10.1. The lowest BCUT2D eigenvalue weighted by molar-refractivity contribution is -0.159. The van der Waals surface area contributed by atoms with Gasteiger partial charge in [0.2, 0.25) is 0 Å². The maximum Gasteiger partial charge on any atom is 0.337 e. The van der Waals surface area contributed by atoms with Crippen LogP contribution in [0.5, 0.6) is 0 Å². The average molecular weight is 188 g/mol. The molecule has 0 amide bonds. The van der Waals surface area contributed by atoms with E-state index in [1.54, 1.807) is 13.0 Å². The third-order valence-electron chi connectivity index (χ3n) is 1.56. The van der Waals surface area contributed by atoms with Crippen LogP contribution in [0.25, 0.3) is 0 Å². The van der Waals surface area contributed by atoms with E-state index in [1.807, 2.05) is 0 Å². The molecule has 2 atom stereocenters. The maximum atomic E-state index is 10.9. The van der Waals surface area contributed by atoms with E-state index < -0.39 is 18.2 Å². The summed E-state index contributed by atoms with van der Waals surface area (Å²) in [4.78, 5) is 10.9. The number of carbonyl (C=O) groups excluding carboxylic acids is 1. The third-order valence-corrected chi connectivity index (χ3v) is 1.56. The van der Waals surface area contributed by atoms with Crippen molar-refractivity contribution in [2.45, 2.75) is 32.0 Å². The van der Waals surface area contributed by atoms with E-state index in [9.17, 15) is 15.0 Å². The molecular formula is C9H16O4. The smallest absolute Gasteiger partial charge is 0.337 e. The van der Waals surface area contributed by atoms with Crippen molar-refractivity contribution in [2.75, 3.05) is 6.61 Å². The number of esters is 1. The van der Waals surface area contributed by atoms with Crippen LogP contribution in [0.1, 0.15) is 19.8 Å². The van der Waals surface area contributed by atoms with Crippen molar-refractivity contribution >= 4 is 5.97 Å². The molecule has 0 aliphatic rings. The highest BCUT2D eigenvalue weighted by Gasteiger charge is 2.24. The number of hydrogen-bond donors (Lipinski definition) is 2. The molecule has 0 aliphatic carbocycles. The van der Waals surface area contributed by atoms with Crippen LogP contribution in [0.15, 0.2) is 12.7 Å². The van der Waals surface area contributed by atoms with Crippen LogP contribution in [0, 0.1) is 0 Å². The molecule has 13 heavy (non-hydrogen) atoms. The summed E-state index contributed by atoms with van der Waals surface area (Å²) < 4.78 is 4.53. The van der Waals surface area contributed by atoms with Crippen LogP contribution in [-0.4, -0.2) is 35.0 Å². The van der Waals surface area contributed by atoms with Crippen LogP contribution < -0.4 is 0 Å². The topological polar surface area (TPSA) is 66.8 Å². The van der Waals surface area contributed by atoms with Gasteiger partial charge in [0.05, 0.1) is 12.7 Å². The second-order valence-corrected chi connectivity index (χ2v) is 2.63. The summed E-state index contributed by atoms with van der Waals surface area (Å²) in [5, 5.41) is 18.4. The largest absolute Gasteiger partial charge is 0.464 e. The minimum atomic E-state index is -1.44. The number of rotatable bonds is 6. The van der Waals surface area contributed by atoms with Gasteiger partial charge < -0.3 is 14.9 Å². The lowest BCUT2D eigenvalue weighted by Crippen LogP contribution is -2.35. The Morgan fingerprint density at radius 3 is 2.69 bits per heavy atom. The van der Waals surface area contributed by atoms with E-state index >= 15 is 0 Å². The molecule has 0 rings (SSSR count). The van der Waals surface area contributed by atoms with E-state index in [-0.39, 0.29) is 6.61 Å². The average Bonchev–Trinajstić information content (AvgIpc) is 2.13. The van der Waals surface area contributed by atoms with E-state index in [0.29, 0.717) is 12.8 Å². The number of allylic oxidation sites excluding steroid dienone is 1. The Hall–Kier alpha value is -0.870. The molecule has 0 bridgehead atoms. The van der Waals surface area contributed by atoms with Crippen LogP contribution in [0.3, 0.4) is 0 Å². The van der Waals surface area contributed by atoms with Crippen LogP contribution in [-0.2, 0) is 9.53 Å². The van der Waals surface area contributed by atoms with Gasteiger partial charge in [-0.25, -0.2) is 4.79 Å². The summed E-state index contributed by atoms with van der Waals surface area (Å²) in [5.74, 6) is -0.779. The van der Waals surface area contributed by atoms with E-state index in [1.165, 1.54) is 0 Å². The minimum Gasteiger partial charge on any atom is -0.464 e. The first-order chi connectivity index (χ1) is 6.13. The minimum absolute atomic E-state index is 0.198. The van der Waals surface area contributed by atoms with Crippen molar-refractivity contribution in [3.63, 3.8) is 0 Å². The Balaban J connectivity index is 3.85. The number of ether oxygens (including phenoxy) is 1. The molecule has 0 aliphatic heterocycles. The molecule has 0 heterocycles. The predicted octanol–water partition coefficient (Wildman–Crippen LogP) is 0.238. The third kappa shape index (κ3) is 4.65. The number of hydrogen-bond acceptors (Lipinski definition) is 4. The first-order valence-corrected chi connectivity index (χ1v) is 4.27. The van der Waals surface area contributed by atoms with Crippen molar-refractivity contribution in [2.24, 2.45) is 0 Å². The molecule has 0 fully saturated rings. The molecule has 0 saturated carbocycles. The van der Waals surface area contributed by atoms with Crippen LogP contribution >= 0.6 is 0 Å². The fraction of sp³-hybridized carbons (Fsp3) is 0.667. The molecule has 4 heteroatoms. The molecule has 0 aromatic carbocycles. The fourth-order valence-electron chi connectivity index (χ4n) is 0.831. The SMILES string of the molecule is C=CCC[C@@H](O)C(O)C(=O)OCC. The first kappa shape index (κ1) is 12.1. The van der Waals surface area contributed by atoms with Crippen molar-refractivity contribution in [1.82, 2.24) is 0 Å². The van der Waals surface area contributed by atoms with E-state index in [4.69, 9.17) is 0 Å². The first-order valence-electron chi connectivity index (χ1n) is 4.27. The zero-order chi connectivity index (χ0) is 10.3. The molecule has 4 nitrogen and oxygen atoms in total. The van der Waals surface area contributed by atoms with Gasteiger partial charge in [-0.1, -0.05) is 6.08 Å². The Labute approximate surface area is 77.8 Å². The number of carbonyl (C=O) groups is 1. The van der Waals surface area contributed by atoms with Gasteiger partial charge in [-0.2, -0.15) is 0 Å². The van der Waals surface area contributed by atoms with Gasteiger partial charge in [0.25, 0.3) is 0 Å². The van der Waals surface area contributed by atoms with Gasteiger partial charge in [-0.3, -0.25) is 0 Å². The second kappa shape index (κ2) is 6.62. The maximum absolute atomic E-state index is 10.9. The van der Waals surface area contributed by atoms with Crippen LogP contribution in [0.2, 0.25) is 0 Å². The van der Waals surface area contributed by atoms with E-state index in [2.05, 4.69) is 11.3 Å². The second-order valence-electron chi connectivity index (χ2n) is 2.63. The summed E-state index contributed by atoms with van der Waals surface area (Å²) in [6.45, 7) is 5.30. The highest BCUT2D eigenvalue weighted by Crippen LogP contribution is 2.04. The Morgan fingerprint density at radius 1 is 1.62 bits per heavy atom. The molecule has 76 valence electrons. The molecule has 1 unspecified atom stereocenters. The molecule has 0 aromatic rings. The van der Waals surface area contributed by atoms with Gasteiger partial charge in [0.15, 0.2) is 6.10 Å². The number of aliphatic hydroxyl groups is 2. The fourth-order valence-corrected chi connectivity index (χ4v) is 0.831. The highest BCUT2D eigenvalue weighted by molar-refractivity contribution is 5.75. The summed E-state index contributed by atoms with van der Waals surface area (Å²) >= 11 is 0. The Morgan fingerprint density at radius 2 is 2.23 bits per heavy atom. The Kier molecular flexibility index (Phi) is 6.18. The number of aliphatic hydroxyl groups excluding tert-OH is 2. The summed E-state index contributed by atoms with van der Waals surface area (Å²) in [6, 6.07) is 0. The zero-order valence-corrected chi connectivity index (χ0v) is 7.77. The zero-order valence-electron chi connectivity index (χ0n) is 7.77. The summed E-state index contributed by atoms with van der Waals surface area (Å²) in [6.07, 6.45) is -0.0423. The quantitative estimate of drug-likeness (QED) is 0.463. The summed E-state index contributed by atoms with van der Waals surface area (Å²) in [7, 11) is 0. The Bertz CT molecular complexity index is 167. The predicted molar refractivity (Wildman–Crippen MR) is 48.1 cm³/mol.